The van der Waals surface area contributed by atoms with Crippen LogP contribution >= 0.6 is 11.3 Å². The number of hydrogen-bond acceptors (Lipinski definition) is 4. The van der Waals surface area contributed by atoms with E-state index in [1.54, 1.807) is 17.4 Å². The molecule has 1 aromatic heterocycles. The quantitative estimate of drug-likeness (QED) is 0.872. The Balaban J connectivity index is 1.87. The Kier molecular flexibility index (Phi) is 4.55. The highest BCUT2D eigenvalue weighted by atomic mass is 32.1. The Morgan fingerprint density at radius 1 is 1.45 bits per heavy atom. The van der Waals surface area contributed by atoms with Crippen LogP contribution in [0.15, 0.2) is 35.0 Å². The van der Waals surface area contributed by atoms with Gasteiger partial charge in [0.1, 0.15) is 11.9 Å². The SMILES string of the molecule is COC(=O)C(N[C@@H]1CCCc2cc(F)ccc21)c1ccsc1. The summed E-state index contributed by atoms with van der Waals surface area (Å²) in [6.07, 6.45) is 2.79. The van der Waals surface area contributed by atoms with Crippen molar-refractivity contribution in [1.82, 2.24) is 5.32 Å². The van der Waals surface area contributed by atoms with Crippen molar-refractivity contribution in [1.29, 1.82) is 0 Å². The lowest BCUT2D eigenvalue weighted by Crippen LogP contribution is -2.34. The number of halogens is 1. The first-order valence-corrected chi connectivity index (χ1v) is 8.27. The lowest BCUT2D eigenvalue weighted by atomic mass is 9.87. The number of hydrogen-bond donors (Lipinski definition) is 1. The second-order valence-electron chi connectivity index (χ2n) is 5.47. The topological polar surface area (TPSA) is 38.3 Å². The van der Waals surface area contributed by atoms with Gasteiger partial charge in [0.2, 0.25) is 0 Å². The van der Waals surface area contributed by atoms with E-state index < -0.39 is 6.04 Å². The van der Waals surface area contributed by atoms with Crippen LogP contribution in [0.1, 0.15) is 41.6 Å². The van der Waals surface area contributed by atoms with Gasteiger partial charge in [0, 0.05) is 6.04 Å². The summed E-state index contributed by atoms with van der Waals surface area (Å²) < 4.78 is 18.3. The largest absolute Gasteiger partial charge is 0.468 e. The molecule has 5 heteroatoms. The maximum atomic E-state index is 13.4. The molecule has 2 aromatic rings. The number of aryl methyl sites for hydroxylation is 1. The normalized spacial score (nSPS) is 18.5. The van der Waals surface area contributed by atoms with E-state index in [1.165, 1.54) is 13.2 Å². The van der Waals surface area contributed by atoms with Gasteiger partial charge < -0.3 is 4.74 Å². The van der Waals surface area contributed by atoms with Gasteiger partial charge in [0.25, 0.3) is 0 Å². The van der Waals surface area contributed by atoms with Crippen LogP contribution in [-0.4, -0.2) is 13.1 Å². The highest BCUT2D eigenvalue weighted by Gasteiger charge is 2.28. The van der Waals surface area contributed by atoms with Crippen LogP contribution in [0, 0.1) is 5.82 Å². The van der Waals surface area contributed by atoms with Crippen molar-refractivity contribution in [2.75, 3.05) is 7.11 Å². The standard InChI is InChI=1S/C17H18FNO2S/c1-21-17(20)16(12-7-8-22-10-12)19-15-4-2-3-11-9-13(18)5-6-14(11)15/h5-10,15-16,19H,2-4H2,1H3/t15-,16?/m1/s1. The van der Waals surface area contributed by atoms with Crippen LogP contribution in [0.4, 0.5) is 4.39 Å². The van der Waals surface area contributed by atoms with Gasteiger partial charge in [-0.05, 0) is 64.9 Å². The zero-order valence-electron chi connectivity index (χ0n) is 12.3. The molecule has 0 spiro atoms. The Hall–Kier alpha value is -1.72. The predicted molar refractivity (Wildman–Crippen MR) is 84.3 cm³/mol. The molecule has 0 radical (unpaired) electrons. The first-order valence-electron chi connectivity index (χ1n) is 7.33. The van der Waals surface area contributed by atoms with E-state index in [-0.39, 0.29) is 17.8 Å². The van der Waals surface area contributed by atoms with Crippen LogP contribution in [-0.2, 0) is 16.0 Å². The number of thiophene rings is 1. The number of ether oxygens (including phenoxy) is 1. The third-order valence-corrected chi connectivity index (χ3v) is 4.80. The number of carbonyl (C=O) groups is 1. The average Bonchev–Trinajstić information content (AvgIpc) is 3.05. The minimum absolute atomic E-state index is 0.0355. The lowest BCUT2D eigenvalue weighted by Gasteiger charge is -2.29. The summed E-state index contributed by atoms with van der Waals surface area (Å²) in [6.45, 7) is 0. The lowest BCUT2D eigenvalue weighted by molar-refractivity contribution is -0.143. The number of methoxy groups -OCH3 is 1. The Bertz CT molecular complexity index is 657. The van der Waals surface area contributed by atoms with Gasteiger partial charge in [-0.1, -0.05) is 6.07 Å². The van der Waals surface area contributed by atoms with Crippen molar-refractivity contribution in [3.8, 4) is 0 Å². The van der Waals surface area contributed by atoms with Crippen molar-refractivity contribution >= 4 is 17.3 Å². The summed E-state index contributed by atoms with van der Waals surface area (Å²) in [5, 5.41) is 7.28. The molecule has 1 aliphatic carbocycles. The molecule has 2 atom stereocenters. The molecule has 3 rings (SSSR count). The molecule has 1 heterocycles. The van der Waals surface area contributed by atoms with Crippen molar-refractivity contribution in [3.63, 3.8) is 0 Å². The molecule has 116 valence electrons. The first kappa shape index (κ1) is 15.2. The van der Waals surface area contributed by atoms with E-state index in [1.807, 2.05) is 22.9 Å². The molecular formula is C17H18FNO2S. The van der Waals surface area contributed by atoms with Gasteiger partial charge in [-0.3, -0.25) is 5.32 Å². The van der Waals surface area contributed by atoms with Crippen LogP contribution in [0.25, 0.3) is 0 Å². The van der Waals surface area contributed by atoms with Gasteiger partial charge in [0.05, 0.1) is 7.11 Å². The fraction of sp³-hybridized carbons (Fsp3) is 0.353. The maximum Gasteiger partial charge on any atom is 0.327 e. The monoisotopic (exact) mass is 319 g/mol. The number of nitrogens with one attached hydrogen (secondary N) is 1. The summed E-state index contributed by atoms with van der Waals surface area (Å²) in [5.74, 6) is -0.505. The highest BCUT2D eigenvalue weighted by molar-refractivity contribution is 7.08. The van der Waals surface area contributed by atoms with Gasteiger partial charge >= 0.3 is 5.97 Å². The third kappa shape index (κ3) is 3.05. The summed E-state index contributed by atoms with van der Waals surface area (Å²) in [4.78, 5) is 12.1. The van der Waals surface area contributed by atoms with Gasteiger partial charge in [-0.15, -0.1) is 0 Å². The minimum atomic E-state index is -0.489. The zero-order chi connectivity index (χ0) is 15.5. The molecule has 0 saturated carbocycles. The number of benzene rings is 1. The molecule has 0 aliphatic heterocycles. The van der Waals surface area contributed by atoms with E-state index in [0.29, 0.717) is 0 Å². The Morgan fingerprint density at radius 3 is 3.05 bits per heavy atom. The number of rotatable bonds is 4. The second-order valence-corrected chi connectivity index (χ2v) is 6.25. The van der Waals surface area contributed by atoms with Crippen LogP contribution in [0.5, 0.6) is 0 Å². The zero-order valence-corrected chi connectivity index (χ0v) is 13.2. The maximum absolute atomic E-state index is 13.4. The third-order valence-electron chi connectivity index (χ3n) is 4.10. The molecule has 1 aliphatic rings. The minimum Gasteiger partial charge on any atom is -0.468 e. The summed E-state index contributed by atoms with van der Waals surface area (Å²) in [7, 11) is 1.40. The van der Waals surface area contributed by atoms with Crippen LogP contribution < -0.4 is 5.32 Å². The van der Waals surface area contributed by atoms with Crippen molar-refractivity contribution < 1.29 is 13.9 Å². The predicted octanol–water partition coefficient (Wildman–Crippen LogP) is 3.77. The van der Waals surface area contributed by atoms with E-state index in [9.17, 15) is 9.18 Å². The Labute approximate surface area is 133 Å². The van der Waals surface area contributed by atoms with Crippen LogP contribution in [0.3, 0.4) is 0 Å². The molecule has 1 aromatic carbocycles. The van der Waals surface area contributed by atoms with Gasteiger partial charge in [0.15, 0.2) is 0 Å². The van der Waals surface area contributed by atoms with Gasteiger partial charge in [-0.2, -0.15) is 11.3 Å². The van der Waals surface area contributed by atoms with Crippen molar-refractivity contribution in [2.24, 2.45) is 0 Å². The summed E-state index contributed by atoms with van der Waals surface area (Å²) in [6, 6.07) is 6.37. The van der Waals surface area contributed by atoms with E-state index >= 15 is 0 Å². The molecule has 1 N–H and O–H groups in total. The Morgan fingerprint density at radius 2 is 2.32 bits per heavy atom. The summed E-state index contributed by atoms with van der Waals surface area (Å²) in [5.41, 5.74) is 3.01. The van der Waals surface area contributed by atoms with Crippen molar-refractivity contribution in [3.05, 3.63) is 57.5 Å². The van der Waals surface area contributed by atoms with E-state index in [0.717, 1.165) is 36.0 Å². The molecular weight excluding hydrogens is 301 g/mol. The van der Waals surface area contributed by atoms with Crippen molar-refractivity contribution in [2.45, 2.75) is 31.3 Å². The molecule has 3 nitrogen and oxygen atoms in total. The van der Waals surface area contributed by atoms with Crippen LogP contribution in [0.2, 0.25) is 0 Å². The smallest absolute Gasteiger partial charge is 0.327 e. The molecule has 22 heavy (non-hydrogen) atoms. The van der Waals surface area contributed by atoms with Gasteiger partial charge in [-0.25, -0.2) is 9.18 Å². The van der Waals surface area contributed by atoms with E-state index in [2.05, 4.69) is 5.32 Å². The number of esters is 1. The molecule has 1 unspecified atom stereocenters. The fourth-order valence-electron chi connectivity index (χ4n) is 3.01. The molecule has 0 bridgehead atoms. The summed E-state index contributed by atoms with van der Waals surface area (Å²) >= 11 is 1.55. The highest BCUT2D eigenvalue weighted by Crippen LogP contribution is 2.32. The average molecular weight is 319 g/mol. The number of carbonyl (C=O) groups excluding carboxylic acids is 1. The molecule has 0 amide bonds. The first-order chi connectivity index (χ1) is 10.7. The molecule has 0 fully saturated rings. The second kappa shape index (κ2) is 6.58. The fourth-order valence-corrected chi connectivity index (χ4v) is 3.70. The number of fused-ring (bicyclic) bond motifs is 1. The van der Waals surface area contributed by atoms with E-state index in [4.69, 9.17) is 4.74 Å². The molecule has 0 saturated heterocycles.